The van der Waals surface area contributed by atoms with Crippen LogP contribution in [0.4, 0.5) is 0 Å². The van der Waals surface area contributed by atoms with Crippen molar-refractivity contribution in [2.75, 3.05) is 20.6 Å². The van der Waals surface area contributed by atoms with Crippen molar-refractivity contribution in [2.45, 2.75) is 19.4 Å². The summed E-state index contributed by atoms with van der Waals surface area (Å²) in [7, 11) is 3.81. The lowest BCUT2D eigenvalue weighted by Gasteiger charge is -2.14. The predicted octanol–water partition coefficient (Wildman–Crippen LogP) is -0.177. The Morgan fingerprint density at radius 1 is 1.56 bits per heavy atom. The zero-order chi connectivity index (χ0) is 7.28. The summed E-state index contributed by atoms with van der Waals surface area (Å²) in [6.07, 6.45) is 0.591. The van der Waals surface area contributed by atoms with E-state index in [1.165, 1.54) is 0 Å². The molecule has 0 rings (SSSR count). The molecule has 1 atom stereocenters. The van der Waals surface area contributed by atoms with Gasteiger partial charge in [0, 0.05) is 20.6 Å². The Bertz CT molecular complexity index is 66.1. The normalized spacial score (nSPS) is 14.3. The van der Waals surface area contributed by atoms with Crippen LogP contribution in [0.2, 0.25) is 0 Å². The van der Waals surface area contributed by atoms with Gasteiger partial charge in [0.1, 0.15) is 0 Å². The van der Waals surface area contributed by atoms with Gasteiger partial charge in [-0.1, -0.05) is 6.92 Å². The number of aliphatic hydroxyl groups is 1. The first-order valence-corrected chi connectivity index (χ1v) is 3.25. The summed E-state index contributed by atoms with van der Waals surface area (Å²) in [4.78, 5) is 0. The first-order chi connectivity index (χ1) is 4.16. The highest BCUT2D eigenvalue weighted by atomic mass is 16.3. The molecule has 0 aromatic rings. The van der Waals surface area contributed by atoms with Crippen LogP contribution in [0.5, 0.6) is 0 Å². The zero-order valence-electron chi connectivity index (χ0n) is 6.39. The van der Waals surface area contributed by atoms with Gasteiger partial charge in [-0.3, -0.25) is 10.4 Å². The molecule has 0 aromatic heterocycles. The molecule has 0 aromatic carbocycles. The molecule has 3 heteroatoms. The van der Waals surface area contributed by atoms with E-state index in [0.717, 1.165) is 6.42 Å². The molecule has 0 unspecified atom stereocenters. The molecule has 9 heavy (non-hydrogen) atoms. The van der Waals surface area contributed by atoms with Crippen molar-refractivity contribution in [2.24, 2.45) is 0 Å². The molecular formula is C6H16N2O. The van der Waals surface area contributed by atoms with Gasteiger partial charge in [-0.15, -0.1) is 0 Å². The van der Waals surface area contributed by atoms with Crippen molar-refractivity contribution in [1.82, 2.24) is 10.4 Å². The van der Waals surface area contributed by atoms with E-state index in [2.05, 4.69) is 5.43 Å². The first-order valence-electron chi connectivity index (χ1n) is 3.25. The molecule has 2 N–H and O–H groups in total. The van der Waals surface area contributed by atoms with Gasteiger partial charge in [0.25, 0.3) is 0 Å². The fourth-order valence-electron chi connectivity index (χ4n) is 0.432. The minimum absolute atomic E-state index is 0.215. The molecule has 0 bridgehead atoms. The largest absolute Gasteiger partial charge is 0.392 e. The van der Waals surface area contributed by atoms with Crippen LogP contribution < -0.4 is 5.43 Å². The Balaban J connectivity index is 3.06. The Morgan fingerprint density at radius 3 is 2.44 bits per heavy atom. The Morgan fingerprint density at radius 2 is 2.11 bits per heavy atom. The first kappa shape index (κ1) is 8.88. The third kappa shape index (κ3) is 5.76. The molecule has 3 nitrogen and oxygen atoms in total. The van der Waals surface area contributed by atoms with E-state index in [0.29, 0.717) is 6.54 Å². The van der Waals surface area contributed by atoms with Gasteiger partial charge in [-0.25, -0.2) is 0 Å². The standard InChI is InChI=1S/C6H16N2O/c1-4-6(9)5-7-8(2)3/h6-7,9H,4-5H2,1-3H3/t6-/m1/s1. The fourth-order valence-corrected chi connectivity index (χ4v) is 0.432. The van der Waals surface area contributed by atoms with E-state index < -0.39 is 0 Å². The van der Waals surface area contributed by atoms with Crippen LogP contribution in [0.1, 0.15) is 13.3 Å². The van der Waals surface area contributed by atoms with Crippen molar-refractivity contribution in [1.29, 1.82) is 0 Å². The number of aliphatic hydroxyl groups excluding tert-OH is 1. The minimum Gasteiger partial charge on any atom is -0.392 e. The van der Waals surface area contributed by atoms with Crippen LogP contribution in [-0.4, -0.2) is 36.9 Å². The lowest BCUT2D eigenvalue weighted by Crippen LogP contribution is -2.36. The second-order valence-electron chi connectivity index (χ2n) is 2.32. The van der Waals surface area contributed by atoms with Crippen LogP contribution >= 0.6 is 0 Å². The smallest absolute Gasteiger partial charge is 0.0676 e. The maximum absolute atomic E-state index is 9.02. The van der Waals surface area contributed by atoms with E-state index in [-0.39, 0.29) is 6.10 Å². The molecule has 0 fully saturated rings. The van der Waals surface area contributed by atoms with E-state index in [4.69, 9.17) is 5.11 Å². The third-order valence-corrected chi connectivity index (χ3v) is 1.11. The van der Waals surface area contributed by atoms with Gasteiger partial charge in [-0.2, -0.15) is 0 Å². The SMILES string of the molecule is CC[C@@H](O)CNN(C)C. The second-order valence-corrected chi connectivity index (χ2v) is 2.32. The van der Waals surface area contributed by atoms with Crippen LogP contribution in [0, 0.1) is 0 Å². The summed E-state index contributed by atoms with van der Waals surface area (Å²) in [6, 6.07) is 0. The van der Waals surface area contributed by atoms with Crippen molar-refractivity contribution in [3.63, 3.8) is 0 Å². The lowest BCUT2D eigenvalue weighted by molar-refractivity contribution is 0.136. The molecule has 0 heterocycles. The molecule has 0 aliphatic carbocycles. The molecule has 0 aliphatic rings. The molecule has 56 valence electrons. The summed E-state index contributed by atoms with van der Waals surface area (Å²) in [5, 5.41) is 10.8. The lowest BCUT2D eigenvalue weighted by atomic mass is 10.3. The van der Waals surface area contributed by atoms with Gasteiger partial charge in [0.05, 0.1) is 6.10 Å². The van der Waals surface area contributed by atoms with E-state index in [1.807, 2.05) is 26.0 Å². The summed E-state index contributed by atoms with van der Waals surface area (Å²) in [5.41, 5.74) is 2.98. The molecular weight excluding hydrogens is 116 g/mol. The molecule has 0 radical (unpaired) electrons. The average Bonchev–Trinajstić information content (AvgIpc) is 1.83. The Kier molecular flexibility index (Phi) is 4.67. The topological polar surface area (TPSA) is 35.5 Å². The highest BCUT2D eigenvalue weighted by Crippen LogP contribution is 1.85. The van der Waals surface area contributed by atoms with E-state index in [1.54, 1.807) is 0 Å². The highest BCUT2D eigenvalue weighted by molar-refractivity contribution is 4.52. The summed E-state index contributed by atoms with van der Waals surface area (Å²) < 4.78 is 0. The van der Waals surface area contributed by atoms with Gasteiger partial charge in [0.15, 0.2) is 0 Å². The third-order valence-electron chi connectivity index (χ3n) is 1.11. The van der Waals surface area contributed by atoms with E-state index in [9.17, 15) is 0 Å². The summed E-state index contributed by atoms with van der Waals surface area (Å²) >= 11 is 0. The number of nitrogens with one attached hydrogen (secondary N) is 1. The van der Waals surface area contributed by atoms with Crippen molar-refractivity contribution in [3.05, 3.63) is 0 Å². The average molecular weight is 132 g/mol. The van der Waals surface area contributed by atoms with Crippen LogP contribution in [-0.2, 0) is 0 Å². The van der Waals surface area contributed by atoms with Crippen LogP contribution in [0.15, 0.2) is 0 Å². The van der Waals surface area contributed by atoms with Crippen molar-refractivity contribution >= 4 is 0 Å². The Hall–Kier alpha value is -0.120. The number of hydrogen-bond acceptors (Lipinski definition) is 3. The molecule has 0 spiro atoms. The summed E-state index contributed by atoms with van der Waals surface area (Å²) in [6.45, 7) is 2.60. The highest BCUT2D eigenvalue weighted by Gasteiger charge is 1.98. The number of hydrogen-bond donors (Lipinski definition) is 2. The maximum Gasteiger partial charge on any atom is 0.0676 e. The van der Waals surface area contributed by atoms with Crippen LogP contribution in [0.25, 0.3) is 0 Å². The van der Waals surface area contributed by atoms with E-state index >= 15 is 0 Å². The quantitative estimate of drug-likeness (QED) is 0.521. The van der Waals surface area contributed by atoms with Crippen molar-refractivity contribution < 1.29 is 5.11 Å². The number of rotatable bonds is 4. The number of nitrogens with zero attached hydrogens (tertiary/aromatic N) is 1. The predicted molar refractivity (Wildman–Crippen MR) is 38.0 cm³/mol. The molecule has 0 aliphatic heterocycles. The molecule has 0 saturated carbocycles. The monoisotopic (exact) mass is 132 g/mol. The van der Waals surface area contributed by atoms with Crippen molar-refractivity contribution in [3.8, 4) is 0 Å². The van der Waals surface area contributed by atoms with Gasteiger partial charge in [0.2, 0.25) is 0 Å². The van der Waals surface area contributed by atoms with Gasteiger partial charge >= 0.3 is 0 Å². The molecule has 0 amide bonds. The van der Waals surface area contributed by atoms with Crippen LogP contribution in [0.3, 0.4) is 0 Å². The minimum atomic E-state index is -0.215. The van der Waals surface area contributed by atoms with Gasteiger partial charge in [-0.05, 0) is 6.42 Å². The summed E-state index contributed by atoms with van der Waals surface area (Å²) in [5.74, 6) is 0. The number of hydrazine groups is 1. The second kappa shape index (κ2) is 4.73. The maximum atomic E-state index is 9.02. The van der Waals surface area contributed by atoms with Gasteiger partial charge < -0.3 is 5.11 Å². The zero-order valence-corrected chi connectivity index (χ0v) is 6.39. The fraction of sp³-hybridized carbons (Fsp3) is 1.00. The molecule has 0 saturated heterocycles. The Labute approximate surface area is 56.6 Å².